The van der Waals surface area contributed by atoms with Crippen LogP contribution in [-0.2, 0) is 0 Å². The lowest BCUT2D eigenvalue weighted by molar-refractivity contribution is -0.0499. The highest BCUT2D eigenvalue weighted by molar-refractivity contribution is 5.30. The van der Waals surface area contributed by atoms with Gasteiger partial charge in [0, 0.05) is 6.04 Å². The van der Waals surface area contributed by atoms with Crippen LogP contribution in [0.4, 0.5) is 8.78 Å². The van der Waals surface area contributed by atoms with E-state index in [2.05, 4.69) is 16.6 Å². The first-order valence-corrected chi connectivity index (χ1v) is 7.56. The lowest BCUT2D eigenvalue weighted by atomic mass is 9.99. The Morgan fingerprint density at radius 1 is 1.29 bits per heavy atom. The van der Waals surface area contributed by atoms with Crippen LogP contribution in [0.3, 0.4) is 0 Å². The highest BCUT2D eigenvalue weighted by Crippen LogP contribution is 2.24. The molecule has 1 aromatic carbocycles. The maximum absolute atomic E-state index is 12.3. The van der Waals surface area contributed by atoms with Crippen molar-refractivity contribution >= 4 is 0 Å². The van der Waals surface area contributed by atoms with E-state index in [0.29, 0.717) is 0 Å². The Morgan fingerprint density at radius 2 is 2.10 bits per heavy atom. The molecule has 2 nitrogen and oxygen atoms in total. The van der Waals surface area contributed by atoms with Gasteiger partial charge in [-0.1, -0.05) is 38.0 Å². The van der Waals surface area contributed by atoms with Gasteiger partial charge in [-0.05, 0) is 43.5 Å². The van der Waals surface area contributed by atoms with Crippen molar-refractivity contribution in [1.82, 2.24) is 5.32 Å². The zero-order valence-electron chi connectivity index (χ0n) is 12.7. The molecule has 0 aliphatic rings. The van der Waals surface area contributed by atoms with E-state index in [-0.39, 0.29) is 11.8 Å². The van der Waals surface area contributed by atoms with Gasteiger partial charge in [-0.15, -0.1) is 6.58 Å². The Kier molecular flexibility index (Phi) is 8.67. The summed E-state index contributed by atoms with van der Waals surface area (Å²) in [6, 6.07) is 7.15. The van der Waals surface area contributed by atoms with Crippen LogP contribution in [0, 0.1) is 0 Å². The average molecular weight is 297 g/mol. The molecular weight excluding hydrogens is 272 g/mol. The molecule has 4 heteroatoms. The lowest BCUT2D eigenvalue weighted by Gasteiger charge is -2.19. The molecule has 0 amide bonds. The molecule has 0 spiro atoms. The third-order valence-corrected chi connectivity index (χ3v) is 3.34. The third-order valence-electron chi connectivity index (χ3n) is 3.34. The molecule has 0 aliphatic heterocycles. The van der Waals surface area contributed by atoms with Gasteiger partial charge in [0.1, 0.15) is 5.75 Å². The van der Waals surface area contributed by atoms with Gasteiger partial charge in [-0.2, -0.15) is 8.78 Å². The topological polar surface area (TPSA) is 21.3 Å². The van der Waals surface area contributed by atoms with Crippen molar-refractivity contribution in [2.24, 2.45) is 0 Å². The van der Waals surface area contributed by atoms with Crippen LogP contribution < -0.4 is 10.1 Å². The van der Waals surface area contributed by atoms with Crippen molar-refractivity contribution < 1.29 is 13.5 Å². The zero-order chi connectivity index (χ0) is 15.5. The predicted molar refractivity (Wildman–Crippen MR) is 82.8 cm³/mol. The number of unbranched alkanes of at least 4 members (excludes halogenated alkanes) is 3. The van der Waals surface area contributed by atoms with Gasteiger partial charge >= 0.3 is 6.61 Å². The Labute approximate surface area is 126 Å². The van der Waals surface area contributed by atoms with Gasteiger partial charge in [0.2, 0.25) is 0 Å². The fraction of sp³-hybridized carbons (Fsp3) is 0.529. The minimum Gasteiger partial charge on any atom is -0.435 e. The smallest absolute Gasteiger partial charge is 0.387 e. The summed E-state index contributed by atoms with van der Waals surface area (Å²) in [6.45, 7) is 3.83. The molecular formula is C17H25F2NO. The number of nitrogens with one attached hydrogen (secondary N) is 1. The van der Waals surface area contributed by atoms with E-state index in [4.69, 9.17) is 0 Å². The normalized spacial score (nSPS) is 12.4. The van der Waals surface area contributed by atoms with Gasteiger partial charge in [-0.3, -0.25) is 0 Å². The second-order valence-electron chi connectivity index (χ2n) is 4.99. The van der Waals surface area contributed by atoms with Gasteiger partial charge in [0.25, 0.3) is 0 Å². The van der Waals surface area contributed by atoms with Crippen LogP contribution in [0.5, 0.6) is 5.75 Å². The molecule has 0 heterocycles. The monoisotopic (exact) mass is 297 g/mol. The molecule has 1 atom stereocenters. The maximum Gasteiger partial charge on any atom is 0.387 e. The van der Waals surface area contributed by atoms with Crippen LogP contribution in [0.15, 0.2) is 36.9 Å². The number of rotatable bonds is 11. The van der Waals surface area contributed by atoms with E-state index in [0.717, 1.165) is 44.2 Å². The number of benzene rings is 1. The molecule has 118 valence electrons. The van der Waals surface area contributed by atoms with E-state index < -0.39 is 6.61 Å². The summed E-state index contributed by atoms with van der Waals surface area (Å²) in [6.07, 6.45) is 7.38. The molecule has 1 aromatic rings. The average Bonchev–Trinajstić information content (AvgIpc) is 2.45. The second-order valence-corrected chi connectivity index (χ2v) is 4.99. The molecule has 0 radical (unpaired) electrons. The second kappa shape index (κ2) is 10.3. The van der Waals surface area contributed by atoms with Gasteiger partial charge in [-0.25, -0.2) is 0 Å². The largest absolute Gasteiger partial charge is 0.435 e. The van der Waals surface area contributed by atoms with Crippen LogP contribution in [0.1, 0.15) is 50.6 Å². The number of alkyl halides is 2. The van der Waals surface area contributed by atoms with E-state index >= 15 is 0 Å². The summed E-state index contributed by atoms with van der Waals surface area (Å²) in [5.74, 6) is 0.220. The SMILES string of the molecule is C=CCCCCCC(NCC)c1cccc(OC(F)F)c1. The first-order valence-electron chi connectivity index (χ1n) is 7.56. The molecule has 1 N–H and O–H groups in total. The molecule has 0 saturated heterocycles. The van der Waals surface area contributed by atoms with Crippen molar-refractivity contribution in [3.05, 3.63) is 42.5 Å². The van der Waals surface area contributed by atoms with Crippen molar-refractivity contribution in [2.45, 2.75) is 51.7 Å². The first-order chi connectivity index (χ1) is 10.2. The lowest BCUT2D eigenvalue weighted by Crippen LogP contribution is -2.21. The summed E-state index contributed by atoms with van der Waals surface area (Å²) in [7, 11) is 0. The highest BCUT2D eigenvalue weighted by Gasteiger charge is 2.12. The third kappa shape index (κ3) is 7.23. The number of hydrogen-bond acceptors (Lipinski definition) is 2. The van der Waals surface area contributed by atoms with Crippen LogP contribution >= 0.6 is 0 Å². The summed E-state index contributed by atoms with van der Waals surface area (Å²) in [5, 5.41) is 3.41. The van der Waals surface area contributed by atoms with E-state index in [1.54, 1.807) is 18.2 Å². The summed E-state index contributed by atoms with van der Waals surface area (Å²) < 4.78 is 29.0. The van der Waals surface area contributed by atoms with Crippen molar-refractivity contribution in [1.29, 1.82) is 0 Å². The molecule has 1 rings (SSSR count). The number of hydrogen-bond donors (Lipinski definition) is 1. The summed E-state index contributed by atoms with van der Waals surface area (Å²) >= 11 is 0. The van der Waals surface area contributed by atoms with Crippen molar-refractivity contribution in [3.63, 3.8) is 0 Å². The van der Waals surface area contributed by atoms with E-state index in [1.165, 1.54) is 0 Å². The van der Waals surface area contributed by atoms with Crippen molar-refractivity contribution in [3.8, 4) is 5.75 Å². The first kappa shape index (κ1) is 17.6. The molecule has 0 fully saturated rings. The molecule has 0 aromatic heterocycles. The van der Waals surface area contributed by atoms with Crippen LogP contribution in [-0.4, -0.2) is 13.2 Å². The molecule has 0 bridgehead atoms. The minimum atomic E-state index is -2.78. The predicted octanol–water partition coefficient (Wildman–Crippen LogP) is 5.08. The number of halogens is 2. The highest BCUT2D eigenvalue weighted by atomic mass is 19.3. The maximum atomic E-state index is 12.3. The molecule has 21 heavy (non-hydrogen) atoms. The van der Waals surface area contributed by atoms with Gasteiger partial charge in [0.15, 0.2) is 0 Å². The van der Waals surface area contributed by atoms with Crippen molar-refractivity contribution in [2.75, 3.05) is 6.54 Å². The van der Waals surface area contributed by atoms with Gasteiger partial charge < -0.3 is 10.1 Å². The van der Waals surface area contributed by atoms with E-state index in [1.807, 2.05) is 19.1 Å². The molecule has 0 aliphatic carbocycles. The van der Waals surface area contributed by atoms with Gasteiger partial charge in [0.05, 0.1) is 0 Å². The Balaban J connectivity index is 2.59. The Bertz CT molecular complexity index is 410. The van der Waals surface area contributed by atoms with Crippen LogP contribution in [0.2, 0.25) is 0 Å². The molecule has 0 saturated carbocycles. The fourth-order valence-corrected chi connectivity index (χ4v) is 2.35. The standard InChI is InChI=1S/C17H25F2NO/c1-3-5-6-7-8-12-16(20-4-2)14-10-9-11-15(13-14)21-17(18)19/h3,9-11,13,16-17,20H,1,4-8,12H2,2H3. The summed E-state index contributed by atoms with van der Waals surface area (Å²) in [4.78, 5) is 0. The number of allylic oxidation sites excluding steroid dienone is 1. The molecule has 1 unspecified atom stereocenters. The zero-order valence-corrected chi connectivity index (χ0v) is 12.7. The van der Waals surface area contributed by atoms with Crippen LogP contribution in [0.25, 0.3) is 0 Å². The number of ether oxygens (including phenoxy) is 1. The minimum absolute atomic E-state index is 0.181. The quantitative estimate of drug-likeness (QED) is 0.454. The fourth-order valence-electron chi connectivity index (χ4n) is 2.35. The Morgan fingerprint density at radius 3 is 2.76 bits per heavy atom. The van der Waals surface area contributed by atoms with E-state index in [9.17, 15) is 8.78 Å². The Hall–Kier alpha value is -1.42. The summed E-state index contributed by atoms with van der Waals surface area (Å²) in [5.41, 5.74) is 0.999.